The summed E-state index contributed by atoms with van der Waals surface area (Å²) in [7, 11) is -4.28. The van der Waals surface area contributed by atoms with Gasteiger partial charge in [0.1, 0.15) is 11.8 Å². The molecule has 1 aliphatic rings. The zero-order chi connectivity index (χ0) is 31.5. The number of carbonyl (C=O) groups excluding carboxylic acids is 1. The number of anilines is 1. The third-order valence-corrected chi connectivity index (χ3v) is 9.00. The predicted molar refractivity (Wildman–Crippen MR) is 157 cm³/mol. The van der Waals surface area contributed by atoms with Crippen LogP contribution >= 0.6 is 0 Å². The van der Waals surface area contributed by atoms with Crippen molar-refractivity contribution in [3.8, 4) is 16.9 Å². The van der Waals surface area contributed by atoms with E-state index < -0.39 is 39.7 Å². The number of halogens is 3. The number of alkyl halides is 3. The summed E-state index contributed by atoms with van der Waals surface area (Å²) in [6.45, 7) is -0.0503. The van der Waals surface area contributed by atoms with Crippen LogP contribution in [0.3, 0.4) is 0 Å². The lowest BCUT2D eigenvalue weighted by Gasteiger charge is -2.26. The largest absolute Gasteiger partial charge is 0.493 e. The first-order valence-electron chi connectivity index (χ1n) is 13.6. The first-order chi connectivity index (χ1) is 20.9. The van der Waals surface area contributed by atoms with E-state index in [2.05, 4.69) is 5.32 Å². The summed E-state index contributed by atoms with van der Waals surface area (Å²) in [6.07, 6.45) is -4.59. The minimum absolute atomic E-state index is 0.00843. The fourth-order valence-corrected chi connectivity index (χ4v) is 6.65. The van der Waals surface area contributed by atoms with Gasteiger partial charge in [-0.15, -0.1) is 0 Å². The molecule has 0 saturated carbocycles. The van der Waals surface area contributed by atoms with Gasteiger partial charge >= 0.3 is 12.1 Å². The molecule has 0 aliphatic carbocycles. The van der Waals surface area contributed by atoms with Crippen LogP contribution in [-0.4, -0.2) is 38.0 Å². The Morgan fingerprint density at radius 1 is 0.909 bits per heavy atom. The molecule has 1 amide bonds. The lowest BCUT2D eigenvalue weighted by Crippen LogP contribution is -2.47. The van der Waals surface area contributed by atoms with Crippen LogP contribution < -0.4 is 14.4 Å². The molecule has 4 aromatic rings. The highest BCUT2D eigenvalue weighted by Crippen LogP contribution is 2.38. The summed E-state index contributed by atoms with van der Waals surface area (Å²) < 4.78 is 74.2. The first-order valence-corrected chi connectivity index (χ1v) is 15.0. The topological polar surface area (TPSA) is 113 Å². The number of amides is 1. The molecule has 1 atom stereocenters. The van der Waals surface area contributed by atoms with Crippen LogP contribution in [0.1, 0.15) is 23.1 Å². The van der Waals surface area contributed by atoms with E-state index in [9.17, 15) is 31.2 Å². The Bertz CT molecular complexity index is 1790. The number of fused-ring (bicyclic) bond motifs is 1. The normalized spacial score (nSPS) is 14.6. The third-order valence-electron chi connectivity index (χ3n) is 7.16. The molecule has 44 heavy (non-hydrogen) atoms. The van der Waals surface area contributed by atoms with E-state index in [1.165, 1.54) is 36.4 Å². The van der Waals surface area contributed by atoms with E-state index in [0.29, 0.717) is 28.1 Å². The van der Waals surface area contributed by atoms with Gasteiger partial charge in [-0.1, -0.05) is 60.7 Å². The lowest BCUT2D eigenvalue weighted by atomic mass is 10.0. The van der Waals surface area contributed by atoms with Gasteiger partial charge in [0.05, 0.1) is 29.2 Å². The van der Waals surface area contributed by atoms with Gasteiger partial charge in [0.2, 0.25) is 5.91 Å². The molecule has 12 heteroatoms. The molecule has 0 radical (unpaired) electrons. The van der Waals surface area contributed by atoms with E-state index in [0.717, 1.165) is 16.4 Å². The van der Waals surface area contributed by atoms with Crippen molar-refractivity contribution >= 4 is 27.6 Å². The molecule has 0 bridgehead atoms. The second-order valence-corrected chi connectivity index (χ2v) is 11.9. The molecule has 4 aromatic carbocycles. The Balaban J connectivity index is 1.38. The van der Waals surface area contributed by atoms with Crippen LogP contribution in [-0.2, 0) is 38.8 Å². The molecule has 0 aromatic heterocycles. The number of nitrogens with zero attached hydrogens (tertiary/aromatic N) is 1. The van der Waals surface area contributed by atoms with Crippen LogP contribution in [0.2, 0.25) is 0 Å². The molecular weight excluding hydrogens is 597 g/mol. The summed E-state index contributed by atoms with van der Waals surface area (Å²) in [5.74, 6) is -1.16. The molecule has 0 spiro atoms. The number of para-hydroxylation sites is 2. The minimum atomic E-state index is -4.52. The Hall–Kier alpha value is -4.84. The molecule has 8 nitrogen and oxygen atoms in total. The smallest absolute Gasteiger partial charge is 0.416 e. The average Bonchev–Trinajstić information content (AvgIpc) is 3.41. The Kier molecular flexibility index (Phi) is 8.63. The molecule has 5 rings (SSSR count). The van der Waals surface area contributed by atoms with Crippen molar-refractivity contribution < 1.29 is 41.0 Å². The van der Waals surface area contributed by atoms with Crippen LogP contribution in [0.15, 0.2) is 102 Å². The van der Waals surface area contributed by atoms with Crippen LogP contribution in [0.25, 0.3) is 11.1 Å². The van der Waals surface area contributed by atoms with Crippen LogP contribution in [0.5, 0.6) is 5.75 Å². The summed E-state index contributed by atoms with van der Waals surface area (Å²) >= 11 is 0. The minimum Gasteiger partial charge on any atom is -0.493 e. The maximum absolute atomic E-state index is 14.0. The van der Waals surface area contributed by atoms with Crippen LogP contribution in [0.4, 0.5) is 18.9 Å². The number of hydrogen-bond acceptors (Lipinski definition) is 5. The summed E-state index contributed by atoms with van der Waals surface area (Å²) in [6, 6.07) is 22.7. The quantitative estimate of drug-likeness (QED) is 0.236. The second kappa shape index (κ2) is 12.4. The van der Waals surface area contributed by atoms with Crippen molar-refractivity contribution in [3.05, 3.63) is 114 Å². The third kappa shape index (κ3) is 6.55. The maximum atomic E-state index is 14.0. The molecule has 2 N–H and O–H groups in total. The molecule has 1 aliphatic heterocycles. The number of carboxylic acids is 1. The number of hydrogen-bond donors (Lipinski definition) is 2. The number of aliphatic carboxylic acids is 1. The second-order valence-electron chi connectivity index (χ2n) is 10.1. The first kappa shape index (κ1) is 30.6. The van der Waals surface area contributed by atoms with Crippen molar-refractivity contribution in [2.24, 2.45) is 0 Å². The molecule has 0 unspecified atom stereocenters. The maximum Gasteiger partial charge on any atom is 0.416 e. The zero-order valence-corrected chi connectivity index (χ0v) is 23.9. The van der Waals surface area contributed by atoms with Crippen molar-refractivity contribution in [1.82, 2.24) is 5.32 Å². The average molecular weight is 625 g/mol. The molecule has 0 saturated heterocycles. The van der Waals surface area contributed by atoms with Crippen molar-refractivity contribution in [2.75, 3.05) is 10.9 Å². The number of nitrogens with one attached hydrogen (secondary N) is 1. The van der Waals surface area contributed by atoms with Crippen molar-refractivity contribution in [2.45, 2.75) is 36.5 Å². The van der Waals surface area contributed by atoms with Crippen LogP contribution in [0, 0.1) is 0 Å². The van der Waals surface area contributed by atoms with Gasteiger partial charge in [-0.05, 0) is 53.1 Å². The Morgan fingerprint density at radius 3 is 2.34 bits per heavy atom. The summed E-state index contributed by atoms with van der Waals surface area (Å²) in [5.41, 5.74) is 1.46. The standard InChI is InChI=1S/C32H27F3N2O6S/c33-32(34,35)25-9-5-8-22(18-25)21-12-14-26(15-13-21)44(41,42)37-27-10-3-1-6-23(27)19-28(37)31(40)36-20-24-7-2-4-11-29(24)43-17-16-30(38)39/h1-15,18,28H,16-17,19-20H2,(H,36,40)(H,38,39)/t28-/m0/s1. The lowest BCUT2D eigenvalue weighted by molar-refractivity contribution is -0.138. The van der Waals surface area contributed by atoms with Crippen molar-refractivity contribution in [1.29, 1.82) is 0 Å². The highest BCUT2D eigenvalue weighted by Gasteiger charge is 2.42. The van der Waals surface area contributed by atoms with Gasteiger partial charge in [-0.3, -0.25) is 13.9 Å². The highest BCUT2D eigenvalue weighted by atomic mass is 32.2. The van der Waals surface area contributed by atoms with Gasteiger partial charge < -0.3 is 15.2 Å². The van der Waals surface area contributed by atoms with Gasteiger partial charge in [0, 0.05) is 18.5 Å². The monoisotopic (exact) mass is 624 g/mol. The molecular formula is C32H27F3N2O6S. The molecule has 228 valence electrons. The van der Waals surface area contributed by atoms with E-state index in [1.54, 1.807) is 48.5 Å². The number of benzene rings is 4. The number of rotatable bonds is 10. The van der Waals surface area contributed by atoms with Gasteiger partial charge in [0.25, 0.3) is 10.0 Å². The van der Waals surface area contributed by atoms with Gasteiger partial charge in [-0.25, -0.2) is 8.42 Å². The predicted octanol–water partition coefficient (Wildman–Crippen LogP) is 5.66. The van der Waals surface area contributed by atoms with E-state index >= 15 is 0 Å². The molecule has 0 fully saturated rings. The number of carboxylic acid groups (broad SMARTS) is 1. The van der Waals surface area contributed by atoms with E-state index in [-0.39, 0.29) is 36.5 Å². The number of carbonyl (C=O) groups is 2. The highest BCUT2D eigenvalue weighted by molar-refractivity contribution is 7.93. The van der Waals surface area contributed by atoms with Gasteiger partial charge in [-0.2, -0.15) is 13.2 Å². The summed E-state index contributed by atoms with van der Waals surface area (Å²) in [5, 5.41) is 11.7. The van der Waals surface area contributed by atoms with Gasteiger partial charge in [0.15, 0.2) is 0 Å². The van der Waals surface area contributed by atoms with Crippen molar-refractivity contribution in [3.63, 3.8) is 0 Å². The number of ether oxygens (including phenoxy) is 1. The molecule has 1 heterocycles. The van der Waals surface area contributed by atoms with E-state index in [1.807, 2.05) is 0 Å². The SMILES string of the molecule is O=C(O)CCOc1ccccc1CNC(=O)[C@@H]1Cc2ccccc2N1S(=O)(=O)c1ccc(-c2cccc(C(F)(F)F)c2)cc1. The Morgan fingerprint density at radius 2 is 1.61 bits per heavy atom. The fraction of sp³-hybridized carbons (Fsp3) is 0.188. The summed E-state index contributed by atoms with van der Waals surface area (Å²) in [4.78, 5) is 24.2. The van der Waals surface area contributed by atoms with E-state index in [4.69, 9.17) is 9.84 Å². The fourth-order valence-electron chi connectivity index (χ4n) is 5.00. The zero-order valence-electron chi connectivity index (χ0n) is 23.1. The number of sulfonamides is 1. The Labute approximate surface area is 251 Å².